The number of hydrogen-bond donors (Lipinski definition) is 1. The van der Waals surface area contributed by atoms with Crippen LogP contribution in [0.15, 0.2) is 48.5 Å². The number of nitrogens with two attached hydrogens (primary N) is 1. The van der Waals surface area contributed by atoms with Crippen molar-refractivity contribution in [3.05, 3.63) is 64.7 Å². The van der Waals surface area contributed by atoms with Crippen molar-refractivity contribution in [2.45, 2.75) is 25.7 Å². The first-order valence-corrected chi connectivity index (χ1v) is 7.04. The fourth-order valence-corrected chi connectivity index (χ4v) is 2.44. The molecule has 0 spiro atoms. The quantitative estimate of drug-likeness (QED) is 0.836. The molecule has 0 bridgehead atoms. The van der Waals surface area contributed by atoms with E-state index in [4.69, 9.17) is 17.3 Å². The van der Waals surface area contributed by atoms with Gasteiger partial charge in [0.2, 0.25) is 0 Å². The Hall–Kier alpha value is -1.80. The summed E-state index contributed by atoms with van der Waals surface area (Å²) in [6, 6.07) is 15.1. The van der Waals surface area contributed by atoms with Crippen molar-refractivity contribution < 1.29 is 4.79 Å². The molecule has 0 aliphatic heterocycles. The number of benzene rings is 2. The molecule has 0 amide bonds. The molecule has 0 aliphatic carbocycles. The van der Waals surface area contributed by atoms with Crippen molar-refractivity contribution in [2.75, 3.05) is 5.73 Å². The minimum Gasteiger partial charge on any atom is -0.399 e. The standard InChI is InChI=1S/C17H18ClNO/c1-12(14-5-7-16(19)8-6-14)9-17(20)11-13-3-2-4-15(18)10-13/h2-8,10,12H,9,11,19H2,1H3. The van der Waals surface area contributed by atoms with Crippen molar-refractivity contribution in [1.29, 1.82) is 0 Å². The Morgan fingerprint density at radius 2 is 1.90 bits per heavy atom. The summed E-state index contributed by atoms with van der Waals surface area (Å²) >= 11 is 5.92. The molecule has 2 rings (SSSR count). The minimum absolute atomic E-state index is 0.197. The smallest absolute Gasteiger partial charge is 0.137 e. The molecule has 2 N–H and O–H groups in total. The first-order chi connectivity index (χ1) is 9.54. The van der Waals surface area contributed by atoms with E-state index in [0.717, 1.165) is 16.8 Å². The van der Waals surface area contributed by atoms with Gasteiger partial charge in [0.1, 0.15) is 5.78 Å². The van der Waals surface area contributed by atoms with Gasteiger partial charge in [0, 0.05) is 23.6 Å². The van der Waals surface area contributed by atoms with Gasteiger partial charge in [-0.15, -0.1) is 0 Å². The van der Waals surface area contributed by atoms with Crippen molar-refractivity contribution in [2.24, 2.45) is 0 Å². The fourth-order valence-electron chi connectivity index (χ4n) is 2.23. The largest absolute Gasteiger partial charge is 0.399 e. The lowest BCUT2D eigenvalue weighted by molar-refractivity contribution is -0.118. The van der Waals surface area contributed by atoms with Crippen LogP contribution in [0.25, 0.3) is 0 Å². The van der Waals surface area contributed by atoms with Gasteiger partial charge in [-0.05, 0) is 41.3 Å². The van der Waals surface area contributed by atoms with E-state index >= 15 is 0 Å². The van der Waals surface area contributed by atoms with Gasteiger partial charge in [0.05, 0.1) is 0 Å². The molecule has 1 unspecified atom stereocenters. The van der Waals surface area contributed by atoms with E-state index in [1.807, 2.05) is 48.5 Å². The molecule has 3 heteroatoms. The average Bonchev–Trinajstić information content (AvgIpc) is 2.39. The van der Waals surface area contributed by atoms with Crippen molar-refractivity contribution in [3.8, 4) is 0 Å². The van der Waals surface area contributed by atoms with Crippen molar-refractivity contribution >= 4 is 23.1 Å². The maximum absolute atomic E-state index is 12.1. The van der Waals surface area contributed by atoms with Crippen LogP contribution in [0.1, 0.15) is 30.4 Å². The summed E-state index contributed by atoms with van der Waals surface area (Å²) in [4.78, 5) is 12.1. The number of ketones is 1. The molecular formula is C17H18ClNO. The highest BCUT2D eigenvalue weighted by atomic mass is 35.5. The molecule has 0 fully saturated rings. The Labute approximate surface area is 124 Å². The molecule has 20 heavy (non-hydrogen) atoms. The lowest BCUT2D eigenvalue weighted by Crippen LogP contribution is -2.07. The summed E-state index contributed by atoms with van der Waals surface area (Å²) in [5, 5.41) is 0.668. The SMILES string of the molecule is CC(CC(=O)Cc1cccc(Cl)c1)c1ccc(N)cc1. The molecule has 0 aromatic heterocycles. The summed E-state index contributed by atoms with van der Waals surface area (Å²) in [6.07, 6.45) is 0.955. The molecular weight excluding hydrogens is 270 g/mol. The lowest BCUT2D eigenvalue weighted by atomic mass is 9.93. The monoisotopic (exact) mass is 287 g/mol. The highest BCUT2D eigenvalue weighted by Crippen LogP contribution is 2.21. The predicted molar refractivity (Wildman–Crippen MR) is 84.0 cm³/mol. The summed E-state index contributed by atoms with van der Waals surface area (Å²) in [6.45, 7) is 2.06. The van der Waals surface area contributed by atoms with Crippen LogP contribution in [0.2, 0.25) is 5.02 Å². The number of anilines is 1. The van der Waals surface area contributed by atoms with Gasteiger partial charge in [0.15, 0.2) is 0 Å². The maximum Gasteiger partial charge on any atom is 0.137 e. The molecule has 1 atom stereocenters. The number of carbonyl (C=O) groups is 1. The number of hydrogen-bond acceptors (Lipinski definition) is 2. The van der Waals surface area contributed by atoms with Crippen LogP contribution in [0.5, 0.6) is 0 Å². The molecule has 0 radical (unpaired) electrons. The zero-order chi connectivity index (χ0) is 14.5. The van der Waals surface area contributed by atoms with Crippen LogP contribution >= 0.6 is 11.6 Å². The number of rotatable bonds is 5. The van der Waals surface area contributed by atoms with Gasteiger partial charge in [-0.2, -0.15) is 0 Å². The third kappa shape index (κ3) is 4.10. The molecule has 2 aromatic carbocycles. The molecule has 0 saturated heterocycles. The number of carbonyl (C=O) groups excluding carboxylic acids is 1. The zero-order valence-electron chi connectivity index (χ0n) is 11.5. The summed E-state index contributed by atoms with van der Waals surface area (Å²) in [7, 11) is 0. The Morgan fingerprint density at radius 1 is 1.20 bits per heavy atom. The zero-order valence-corrected chi connectivity index (χ0v) is 12.2. The second kappa shape index (κ2) is 6.58. The van der Waals surface area contributed by atoms with E-state index in [-0.39, 0.29) is 11.7 Å². The van der Waals surface area contributed by atoms with E-state index < -0.39 is 0 Å². The van der Waals surface area contributed by atoms with Gasteiger partial charge >= 0.3 is 0 Å². The van der Waals surface area contributed by atoms with E-state index in [0.29, 0.717) is 17.9 Å². The topological polar surface area (TPSA) is 43.1 Å². The number of nitrogen functional groups attached to an aromatic ring is 1. The predicted octanol–water partition coefficient (Wildman–Crippen LogP) is 4.23. The Kier molecular flexibility index (Phi) is 4.80. The van der Waals surface area contributed by atoms with E-state index in [1.54, 1.807) is 0 Å². The van der Waals surface area contributed by atoms with Crippen molar-refractivity contribution in [3.63, 3.8) is 0 Å². The van der Waals surface area contributed by atoms with Gasteiger partial charge < -0.3 is 5.73 Å². The number of halogens is 1. The molecule has 2 aromatic rings. The normalized spacial score (nSPS) is 12.1. The average molecular weight is 288 g/mol. The van der Waals surface area contributed by atoms with Crippen molar-refractivity contribution in [1.82, 2.24) is 0 Å². The van der Waals surface area contributed by atoms with Crippen LogP contribution in [0, 0.1) is 0 Å². The van der Waals surface area contributed by atoms with E-state index in [2.05, 4.69) is 6.92 Å². The second-order valence-corrected chi connectivity index (χ2v) is 5.55. The Morgan fingerprint density at radius 3 is 2.55 bits per heavy atom. The van der Waals surface area contributed by atoms with Crippen LogP contribution < -0.4 is 5.73 Å². The first-order valence-electron chi connectivity index (χ1n) is 6.66. The third-order valence-electron chi connectivity index (χ3n) is 3.33. The van der Waals surface area contributed by atoms with E-state index in [1.165, 1.54) is 0 Å². The highest BCUT2D eigenvalue weighted by Gasteiger charge is 2.12. The molecule has 0 heterocycles. The lowest BCUT2D eigenvalue weighted by Gasteiger charge is -2.11. The highest BCUT2D eigenvalue weighted by molar-refractivity contribution is 6.30. The summed E-state index contributed by atoms with van der Waals surface area (Å²) in [5.74, 6) is 0.416. The fraction of sp³-hybridized carbons (Fsp3) is 0.235. The van der Waals surface area contributed by atoms with Crippen LogP contribution in [-0.4, -0.2) is 5.78 Å². The van der Waals surface area contributed by atoms with Gasteiger partial charge in [-0.3, -0.25) is 4.79 Å². The second-order valence-electron chi connectivity index (χ2n) is 5.12. The van der Waals surface area contributed by atoms with Crippen LogP contribution in [-0.2, 0) is 11.2 Å². The third-order valence-corrected chi connectivity index (χ3v) is 3.56. The van der Waals surface area contributed by atoms with Gasteiger partial charge in [-0.25, -0.2) is 0 Å². The molecule has 2 nitrogen and oxygen atoms in total. The molecule has 0 aliphatic rings. The Bertz CT molecular complexity index is 592. The number of Topliss-reactive ketones (excluding diaryl/α,β-unsaturated/α-hetero) is 1. The maximum atomic E-state index is 12.1. The Balaban J connectivity index is 1.95. The van der Waals surface area contributed by atoms with Gasteiger partial charge in [0.25, 0.3) is 0 Å². The van der Waals surface area contributed by atoms with E-state index in [9.17, 15) is 4.79 Å². The molecule has 104 valence electrons. The molecule has 0 saturated carbocycles. The van der Waals surface area contributed by atoms with Crippen LogP contribution in [0.3, 0.4) is 0 Å². The van der Waals surface area contributed by atoms with Gasteiger partial charge in [-0.1, -0.05) is 42.8 Å². The first kappa shape index (κ1) is 14.6. The summed E-state index contributed by atoms with van der Waals surface area (Å²) in [5.41, 5.74) is 8.51. The van der Waals surface area contributed by atoms with Crippen LogP contribution in [0.4, 0.5) is 5.69 Å². The minimum atomic E-state index is 0.197. The summed E-state index contributed by atoms with van der Waals surface area (Å²) < 4.78 is 0.